The van der Waals surface area contributed by atoms with Crippen LogP contribution in [0.5, 0.6) is 0 Å². The van der Waals surface area contributed by atoms with Crippen LogP contribution in [0.15, 0.2) is 30.3 Å². The van der Waals surface area contributed by atoms with E-state index in [9.17, 15) is 4.79 Å². The number of carbonyl (C=O) groups is 1. The predicted octanol–water partition coefficient (Wildman–Crippen LogP) is 2.46. The van der Waals surface area contributed by atoms with Gasteiger partial charge in [-0.2, -0.15) is 5.10 Å². The number of carbonyl (C=O) groups excluding carboxylic acids is 1. The number of anilines is 1. The first-order chi connectivity index (χ1) is 11.5. The van der Waals surface area contributed by atoms with Gasteiger partial charge >= 0.3 is 6.03 Å². The number of rotatable bonds is 7. The molecular formula is C18H27N5O. The van der Waals surface area contributed by atoms with Gasteiger partial charge in [-0.05, 0) is 44.0 Å². The highest BCUT2D eigenvalue weighted by Gasteiger charge is 2.03. The highest BCUT2D eigenvalue weighted by Crippen LogP contribution is 2.11. The van der Waals surface area contributed by atoms with Gasteiger partial charge in [0, 0.05) is 45.1 Å². The largest absolute Gasteiger partial charge is 0.378 e. The van der Waals surface area contributed by atoms with Crippen molar-refractivity contribution in [1.29, 1.82) is 0 Å². The SMILES string of the molecule is Cc1cc(C)n(CCCNC(=O)NCc2ccc(N(C)C)cc2)n1. The Balaban J connectivity index is 1.65. The molecule has 0 atom stereocenters. The molecule has 2 aromatic rings. The third-order valence-corrected chi connectivity index (χ3v) is 3.84. The van der Waals surface area contributed by atoms with Crippen molar-refractivity contribution in [2.45, 2.75) is 33.4 Å². The van der Waals surface area contributed by atoms with E-state index in [4.69, 9.17) is 0 Å². The molecule has 0 bridgehead atoms. The zero-order chi connectivity index (χ0) is 17.5. The number of nitrogens with zero attached hydrogens (tertiary/aromatic N) is 3. The van der Waals surface area contributed by atoms with Crippen LogP contribution in [0.3, 0.4) is 0 Å². The molecule has 2 amide bonds. The number of nitrogens with one attached hydrogen (secondary N) is 2. The van der Waals surface area contributed by atoms with Crippen molar-refractivity contribution < 1.29 is 4.79 Å². The standard InChI is InChI=1S/C18H27N5O/c1-14-12-15(2)23(21-14)11-5-10-19-18(24)20-13-16-6-8-17(9-7-16)22(3)4/h6-9,12H,5,10-11,13H2,1-4H3,(H2,19,20,24). The van der Waals surface area contributed by atoms with E-state index in [1.807, 2.05) is 61.8 Å². The van der Waals surface area contributed by atoms with Crippen molar-refractivity contribution in [3.8, 4) is 0 Å². The fraction of sp³-hybridized carbons (Fsp3) is 0.444. The summed E-state index contributed by atoms with van der Waals surface area (Å²) in [5.41, 5.74) is 4.40. The molecule has 0 aliphatic rings. The molecule has 6 heteroatoms. The lowest BCUT2D eigenvalue weighted by molar-refractivity contribution is 0.240. The smallest absolute Gasteiger partial charge is 0.315 e. The quantitative estimate of drug-likeness (QED) is 0.767. The molecule has 0 aliphatic heterocycles. The summed E-state index contributed by atoms with van der Waals surface area (Å²) in [7, 11) is 4.01. The second-order valence-corrected chi connectivity index (χ2v) is 6.17. The highest BCUT2D eigenvalue weighted by atomic mass is 16.2. The molecule has 0 unspecified atom stereocenters. The summed E-state index contributed by atoms with van der Waals surface area (Å²) in [6.07, 6.45) is 0.854. The first-order valence-electron chi connectivity index (χ1n) is 8.24. The summed E-state index contributed by atoms with van der Waals surface area (Å²) >= 11 is 0. The summed E-state index contributed by atoms with van der Waals surface area (Å²) in [5, 5.41) is 10.2. The fourth-order valence-electron chi connectivity index (χ4n) is 2.49. The Kier molecular flexibility index (Phi) is 6.23. The minimum absolute atomic E-state index is 0.139. The van der Waals surface area contributed by atoms with Gasteiger partial charge in [0.1, 0.15) is 0 Å². The Morgan fingerprint density at radius 1 is 1.17 bits per heavy atom. The molecule has 0 radical (unpaired) electrons. The van der Waals surface area contributed by atoms with Crippen LogP contribution in [-0.4, -0.2) is 36.5 Å². The number of benzene rings is 1. The second-order valence-electron chi connectivity index (χ2n) is 6.17. The minimum atomic E-state index is -0.139. The van der Waals surface area contributed by atoms with Gasteiger partial charge in [-0.1, -0.05) is 12.1 Å². The molecule has 1 aromatic heterocycles. The molecule has 0 saturated heterocycles. The summed E-state index contributed by atoms with van der Waals surface area (Å²) in [5.74, 6) is 0. The van der Waals surface area contributed by atoms with Gasteiger partial charge in [-0.25, -0.2) is 4.79 Å². The van der Waals surface area contributed by atoms with Crippen LogP contribution in [0.2, 0.25) is 0 Å². The van der Waals surface area contributed by atoms with E-state index < -0.39 is 0 Å². The lowest BCUT2D eigenvalue weighted by Crippen LogP contribution is -2.35. The average molecular weight is 329 g/mol. The summed E-state index contributed by atoms with van der Waals surface area (Å²) < 4.78 is 1.97. The van der Waals surface area contributed by atoms with E-state index in [0.29, 0.717) is 13.1 Å². The summed E-state index contributed by atoms with van der Waals surface area (Å²) in [6.45, 7) is 5.99. The number of amides is 2. The Morgan fingerprint density at radius 3 is 2.46 bits per heavy atom. The Bertz CT molecular complexity index is 661. The van der Waals surface area contributed by atoms with Gasteiger partial charge < -0.3 is 15.5 Å². The molecule has 0 fully saturated rings. The molecule has 0 aliphatic carbocycles. The molecule has 130 valence electrons. The first kappa shape index (κ1) is 17.8. The molecule has 1 aromatic carbocycles. The van der Waals surface area contributed by atoms with E-state index in [1.54, 1.807) is 0 Å². The number of urea groups is 1. The number of aromatic nitrogens is 2. The van der Waals surface area contributed by atoms with Gasteiger partial charge in [-0.15, -0.1) is 0 Å². The topological polar surface area (TPSA) is 62.2 Å². The molecule has 1 heterocycles. The predicted molar refractivity (Wildman–Crippen MR) is 97.3 cm³/mol. The van der Waals surface area contributed by atoms with Gasteiger partial charge in [0.2, 0.25) is 0 Å². The van der Waals surface area contributed by atoms with E-state index in [2.05, 4.69) is 21.8 Å². The lowest BCUT2D eigenvalue weighted by Gasteiger charge is -2.13. The maximum Gasteiger partial charge on any atom is 0.315 e. The average Bonchev–Trinajstić information content (AvgIpc) is 2.87. The van der Waals surface area contributed by atoms with Crippen molar-refractivity contribution in [2.24, 2.45) is 0 Å². The molecular weight excluding hydrogens is 302 g/mol. The van der Waals surface area contributed by atoms with Gasteiger partial charge in [-0.3, -0.25) is 4.68 Å². The third kappa shape index (κ3) is 5.30. The number of aryl methyl sites for hydroxylation is 3. The zero-order valence-corrected chi connectivity index (χ0v) is 15.0. The van der Waals surface area contributed by atoms with Crippen LogP contribution in [0, 0.1) is 13.8 Å². The van der Waals surface area contributed by atoms with Crippen molar-refractivity contribution in [3.05, 3.63) is 47.3 Å². The molecule has 2 rings (SSSR count). The normalized spacial score (nSPS) is 10.5. The summed E-state index contributed by atoms with van der Waals surface area (Å²) in [4.78, 5) is 13.9. The fourth-order valence-corrected chi connectivity index (χ4v) is 2.49. The molecule has 0 saturated carbocycles. The van der Waals surface area contributed by atoms with Crippen LogP contribution in [-0.2, 0) is 13.1 Å². The number of hydrogen-bond acceptors (Lipinski definition) is 3. The first-order valence-corrected chi connectivity index (χ1v) is 8.24. The maximum atomic E-state index is 11.8. The second kappa shape index (κ2) is 8.38. The Labute approximate surface area is 143 Å². The van der Waals surface area contributed by atoms with Crippen LogP contribution in [0.1, 0.15) is 23.4 Å². The third-order valence-electron chi connectivity index (χ3n) is 3.84. The van der Waals surface area contributed by atoms with Crippen LogP contribution < -0.4 is 15.5 Å². The Morgan fingerprint density at radius 2 is 1.88 bits per heavy atom. The molecule has 0 spiro atoms. The Hall–Kier alpha value is -2.50. The van der Waals surface area contributed by atoms with Crippen molar-refractivity contribution >= 4 is 11.7 Å². The molecule has 2 N–H and O–H groups in total. The highest BCUT2D eigenvalue weighted by molar-refractivity contribution is 5.73. The number of hydrogen-bond donors (Lipinski definition) is 2. The van der Waals surface area contributed by atoms with Gasteiger partial charge in [0.15, 0.2) is 0 Å². The molecule has 24 heavy (non-hydrogen) atoms. The van der Waals surface area contributed by atoms with E-state index >= 15 is 0 Å². The van der Waals surface area contributed by atoms with E-state index in [1.165, 1.54) is 0 Å². The van der Waals surface area contributed by atoms with Crippen LogP contribution >= 0.6 is 0 Å². The monoisotopic (exact) mass is 329 g/mol. The van der Waals surface area contributed by atoms with Crippen molar-refractivity contribution in [1.82, 2.24) is 20.4 Å². The van der Waals surface area contributed by atoms with Crippen molar-refractivity contribution in [2.75, 3.05) is 25.5 Å². The van der Waals surface area contributed by atoms with E-state index in [0.717, 1.165) is 35.6 Å². The lowest BCUT2D eigenvalue weighted by atomic mass is 10.2. The minimum Gasteiger partial charge on any atom is -0.378 e. The molecule has 6 nitrogen and oxygen atoms in total. The van der Waals surface area contributed by atoms with E-state index in [-0.39, 0.29) is 6.03 Å². The van der Waals surface area contributed by atoms with Gasteiger partial charge in [0.05, 0.1) is 5.69 Å². The maximum absolute atomic E-state index is 11.8. The van der Waals surface area contributed by atoms with Gasteiger partial charge in [0.25, 0.3) is 0 Å². The summed E-state index contributed by atoms with van der Waals surface area (Å²) in [6, 6.07) is 10.1. The zero-order valence-electron chi connectivity index (χ0n) is 15.0. The van der Waals surface area contributed by atoms with Crippen LogP contribution in [0.25, 0.3) is 0 Å². The van der Waals surface area contributed by atoms with Crippen molar-refractivity contribution in [3.63, 3.8) is 0 Å². The van der Waals surface area contributed by atoms with Crippen LogP contribution in [0.4, 0.5) is 10.5 Å².